The summed E-state index contributed by atoms with van der Waals surface area (Å²) in [6, 6.07) is 0. The van der Waals surface area contributed by atoms with Gasteiger partial charge in [0, 0.05) is 23.6 Å². The van der Waals surface area contributed by atoms with Gasteiger partial charge in [0.05, 0.1) is 0 Å². The Kier molecular flexibility index (Phi) is 3.19. The molecule has 0 amide bonds. The maximum Gasteiger partial charge on any atom is 0.452 e. The van der Waals surface area contributed by atoms with Crippen molar-refractivity contribution in [1.82, 2.24) is 9.36 Å². The summed E-state index contributed by atoms with van der Waals surface area (Å²) < 4.78 is 39.5. The lowest BCUT2D eigenvalue weighted by atomic mass is 10.1. The summed E-state index contributed by atoms with van der Waals surface area (Å²) in [6.45, 7) is 3.84. The van der Waals surface area contributed by atoms with Crippen molar-refractivity contribution < 1.29 is 13.2 Å². The fourth-order valence-electron chi connectivity index (χ4n) is 0.714. The number of alkyl halides is 3. The smallest absolute Gasteiger partial charge is 0.358 e. The fraction of sp³-hybridized carbons (Fsp3) is 0.714. The van der Waals surface area contributed by atoms with E-state index in [-0.39, 0.29) is 5.13 Å². The van der Waals surface area contributed by atoms with E-state index in [1.54, 1.807) is 13.8 Å². The molecule has 1 aromatic heterocycles. The number of nitrogens with zero attached hydrogens (tertiary/aromatic N) is 2. The van der Waals surface area contributed by atoms with E-state index in [2.05, 4.69) is 14.7 Å². The van der Waals surface area contributed by atoms with Gasteiger partial charge in [-0.3, -0.25) is 0 Å². The van der Waals surface area contributed by atoms with E-state index in [1.807, 2.05) is 0 Å². The molecule has 1 rings (SSSR count). The fourth-order valence-corrected chi connectivity index (χ4v) is 1.30. The van der Waals surface area contributed by atoms with Crippen LogP contribution >= 0.6 is 11.5 Å². The lowest BCUT2D eigenvalue weighted by Gasteiger charge is -2.17. The molecule has 4 nitrogen and oxygen atoms in total. The van der Waals surface area contributed by atoms with Crippen LogP contribution in [0, 0.1) is 0 Å². The largest absolute Gasteiger partial charge is 0.452 e. The van der Waals surface area contributed by atoms with Crippen molar-refractivity contribution in [1.29, 1.82) is 0 Å². The predicted molar refractivity (Wildman–Crippen MR) is 51.7 cm³/mol. The Hall–Kier alpha value is -0.890. The van der Waals surface area contributed by atoms with Gasteiger partial charge in [-0.2, -0.15) is 22.5 Å². The molecule has 8 heteroatoms. The number of rotatable bonds is 3. The number of anilines is 1. The van der Waals surface area contributed by atoms with Crippen LogP contribution in [0.4, 0.5) is 18.3 Å². The Morgan fingerprint density at radius 2 is 2.00 bits per heavy atom. The lowest BCUT2D eigenvalue weighted by molar-refractivity contribution is -0.144. The van der Waals surface area contributed by atoms with Crippen molar-refractivity contribution in [2.24, 2.45) is 5.73 Å². The molecule has 0 saturated carbocycles. The van der Waals surface area contributed by atoms with Gasteiger partial charge in [0.1, 0.15) is 0 Å². The maximum absolute atomic E-state index is 12.1. The summed E-state index contributed by atoms with van der Waals surface area (Å²) in [7, 11) is 0. The molecule has 0 fully saturated rings. The molecule has 1 heterocycles. The Morgan fingerprint density at radius 1 is 1.40 bits per heavy atom. The third kappa shape index (κ3) is 4.00. The van der Waals surface area contributed by atoms with Gasteiger partial charge in [-0.05, 0) is 13.8 Å². The zero-order valence-corrected chi connectivity index (χ0v) is 9.04. The summed E-state index contributed by atoms with van der Waals surface area (Å²) in [6.07, 6.45) is -4.49. The van der Waals surface area contributed by atoms with Crippen LogP contribution in [-0.2, 0) is 6.18 Å². The van der Waals surface area contributed by atoms with Crippen molar-refractivity contribution >= 4 is 16.7 Å². The van der Waals surface area contributed by atoms with Crippen LogP contribution in [0.3, 0.4) is 0 Å². The minimum Gasteiger partial charge on any atom is -0.358 e. The SMILES string of the molecule is CC(C)(N)CNc1nc(C(F)(F)F)ns1. The Morgan fingerprint density at radius 3 is 2.40 bits per heavy atom. The van der Waals surface area contributed by atoms with Crippen molar-refractivity contribution in [2.75, 3.05) is 11.9 Å². The first-order chi connectivity index (χ1) is 6.68. The standard InChI is InChI=1S/C7H11F3N4S/c1-6(2,11)3-12-5-13-4(14-15-5)7(8,9)10/h3,11H2,1-2H3,(H,12,13,14). The highest BCUT2D eigenvalue weighted by Gasteiger charge is 2.36. The molecular formula is C7H11F3N4S. The molecular weight excluding hydrogens is 229 g/mol. The molecule has 86 valence electrons. The van der Waals surface area contributed by atoms with Crippen molar-refractivity contribution in [3.8, 4) is 0 Å². The van der Waals surface area contributed by atoms with E-state index < -0.39 is 17.5 Å². The van der Waals surface area contributed by atoms with Gasteiger partial charge in [0.25, 0.3) is 0 Å². The zero-order valence-electron chi connectivity index (χ0n) is 8.22. The average molecular weight is 240 g/mol. The average Bonchev–Trinajstić information content (AvgIpc) is 2.45. The van der Waals surface area contributed by atoms with Crippen molar-refractivity contribution in [2.45, 2.75) is 25.6 Å². The molecule has 0 saturated heterocycles. The van der Waals surface area contributed by atoms with Crippen LogP contribution in [0.15, 0.2) is 0 Å². The highest BCUT2D eigenvalue weighted by Crippen LogP contribution is 2.28. The summed E-state index contributed by atoms with van der Waals surface area (Å²) in [5.74, 6) is -1.12. The van der Waals surface area contributed by atoms with E-state index in [4.69, 9.17) is 5.73 Å². The molecule has 0 spiro atoms. The summed E-state index contributed by atoms with van der Waals surface area (Å²) in [5.41, 5.74) is 5.14. The molecule has 0 aliphatic carbocycles. The quantitative estimate of drug-likeness (QED) is 0.844. The van der Waals surface area contributed by atoms with E-state index in [0.29, 0.717) is 18.1 Å². The van der Waals surface area contributed by atoms with Gasteiger partial charge in [-0.25, -0.2) is 0 Å². The molecule has 0 unspecified atom stereocenters. The molecule has 0 aliphatic rings. The third-order valence-electron chi connectivity index (χ3n) is 1.37. The number of hydrogen-bond acceptors (Lipinski definition) is 5. The lowest BCUT2D eigenvalue weighted by Crippen LogP contribution is -2.39. The summed E-state index contributed by atoms with van der Waals surface area (Å²) in [5, 5.41) is 2.82. The second-order valence-corrected chi connectivity index (χ2v) is 4.51. The highest BCUT2D eigenvalue weighted by atomic mass is 32.1. The predicted octanol–water partition coefficient (Wildman–Crippen LogP) is 1.71. The molecule has 0 bridgehead atoms. The monoisotopic (exact) mass is 240 g/mol. The van der Waals surface area contributed by atoms with Crippen LogP contribution in [0.1, 0.15) is 19.7 Å². The Balaban J connectivity index is 2.62. The second-order valence-electron chi connectivity index (χ2n) is 3.76. The first kappa shape index (κ1) is 12.2. The first-order valence-electron chi connectivity index (χ1n) is 4.12. The molecule has 15 heavy (non-hydrogen) atoms. The van der Waals surface area contributed by atoms with Gasteiger partial charge < -0.3 is 11.1 Å². The van der Waals surface area contributed by atoms with Crippen molar-refractivity contribution in [3.63, 3.8) is 0 Å². The van der Waals surface area contributed by atoms with Crippen LogP contribution in [0.5, 0.6) is 0 Å². The van der Waals surface area contributed by atoms with Crippen LogP contribution in [-0.4, -0.2) is 21.4 Å². The zero-order chi connectivity index (χ0) is 11.7. The molecule has 0 aliphatic heterocycles. The van der Waals surface area contributed by atoms with Crippen LogP contribution < -0.4 is 11.1 Å². The van der Waals surface area contributed by atoms with Gasteiger partial charge >= 0.3 is 6.18 Å². The minimum absolute atomic E-state index is 0.126. The molecule has 3 N–H and O–H groups in total. The Labute approximate surface area is 88.9 Å². The third-order valence-corrected chi connectivity index (χ3v) is 2.05. The minimum atomic E-state index is -4.49. The molecule has 0 aromatic carbocycles. The van der Waals surface area contributed by atoms with Gasteiger partial charge in [0.15, 0.2) is 0 Å². The highest BCUT2D eigenvalue weighted by molar-refractivity contribution is 7.09. The number of nitrogens with two attached hydrogens (primary N) is 1. The number of hydrogen-bond donors (Lipinski definition) is 2. The van der Waals surface area contributed by atoms with E-state index in [1.165, 1.54) is 0 Å². The Bertz CT molecular complexity index is 328. The topological polar surface area (TPSA) is 63.8 Å². The van der Waals surface area contributed by atoms with E-state index >= 15 is 0 Å². The first-order valence-corrected chi connectivity index (χ1v) is 4.89. The number of halogens is 3. The van der Waals surface area contributed by atoms with Gasteiger partial charge in [-0.1, -0.05) is 0 Å². The van der Waals surface area contributed by atoms with Gasteiger partial charge in [-0.15, -0.1) is 0 Å². The van der Waals surface area contributed by atoms with Crippen LogP contribution in [0.2, 0.25) is 0 Å². The second kappa shape index (κ2) is 3.93. The summed E-state index contributed by atoms with van der Waals surface area (Å²) in [4.78, 5) is 3.30. The van der Waals surface area contributed by atoms with Gasteiger partial charge in [0.2, 0.25) is 11.0 Å². The van der Waals surface area contributed by atoms with E-state index in [9.17, 15) is 13.2 Å². The van der Waals surface area contributed by atoms with Crippen LogP contribution in [0.25, 0.3) is 0 Å². The maximum atomic E-state index is 12.1. The molecule has 0 radical (unpaired) electrons. The molecule has 0 atom stereocenters. The molecule has 1 aromatic rings. The summed E-state index contributed by atoms with van der Waals surface area (Å²) >= 11 is 0.669. The number of nitrogens with one attached hydrogen (secondary N) is 1. The van der Waals surface area contributed by atoms with Crippen molar-refractivity contribution in [3.05, 3.63) is 5.82 Å². The number of aromatic nitrogens is 2. The van der Waals surface area contributed by atoms with E-state index in [0.717, 1.165) is 0 Å². The normalized spacial score (nSPS) is 12.9.